The van der Waals surface area contributed by atoms with Gasteiger partial charge in [-0.15, -0.1) is 0 Å². The highest BCUT2D eigenvalue weighted by Gasteiger charge is 2.23. The third-order valence-corrected chi connectivity index (χ3v) is 7.95. The molecule has 1 heterocycles. The largest absolute Gasteiger partial charge is 0.457 e. The molecule has 0 saturated carbocycles. The van der Waals surface area contributed by atoms with Gasteiger partial charge in [0.25, 0.3) is 0 Å². The normalized spacial score (nSPS) is 11.0. The lowest BCUT2D eigenvalue weighted by Crippen LogP contribution is -2.29. The van der Waals surface area contributed by atoms with Crippen LogP contribution in [0.25, 0.3) is 39.5 Å². The summed E-state index contributed by atoms with van der Waals surface area (Å²) in [5.74, 6) is 0.420. The molecule has 0 bridgehead atoms. The van der Waals surface area contributed by atoms with Gasteiger partial charge in [-0.25, -0.2) is 9.37 Å². The van der Waals surface area contributed by atoms with Crippen LogP contribution in [-0.4, -0.2) is 32.1 Å². The van der Waals surface area contributed by atoms with E-state index >= 15 is 0 Å². The van der Waals surface area contributed by atoms with Gasteiger partial charge in [0, 0.05) is 47.4 Å². The molecule has 1 aliphatic carbocycles. The molecule has 5 nitrogen and oxygen atoms in total. The van der Waals surface area contributed by atoms with Crippen molar-refractivity contribution in [3.05, 3.63) is 114 Å². The van der Waals surface area contributed by atoms with E-state index in [4.69, 9.17) is 9.15 Å². The van der Waals surface area contributed by atoms with Gasteiger partial charge in [0.15, 0.2) is 0 Å². The highest BCUT2D eigenvalue weighted by molar-refractivity contribution is 6.08. The smallest absolute Gasteiger partial charge is 0.339 e. The van der Waals surface area contributed by atoms with Crippen molar-refractivity contribution in [2.24, 2.45) is 0 Å². The van der Waals surface area contributed by atoms with Crippen LogP contribution in [0.5, 0.6) is 0 Å². The van der Waals surface area contributed by atoms with Gasteiger partial charge < -0.3 is 14.1 Å². The Hall–Kier alpha value is -4.64. The molecule has 0 N–H and O–H groups in total. The minimum atomic E-state index is -0.361. The summed E-state index contributed by atoms with van der Waals surface area (Å²) in [4.78, 5) is 15.9. The molecule has 0 spiro atoms. The highest BCUT2D eigenvalue weighted by atomic mass is 16.5. The third kappa shape index (κ3) is 5.73. The van der Waals surface area contributed by atoms with Crippen LogP contribution in [-0.2, 0) is 11.3 Å². The first kappa shape index (κ1) is 28.9. The zero-order valence-corrected chi connectivity index (χ0v) is 25.0. The third-order valence-electron chi connectivity index (χ3n) is 7.95. The van der Waals surface area contributed by atoms with Crippen LogP contribution in [0.15, 0.2) is 95.9 Å². The molecule has 42 heavy (non-hydrogen) atoms. The molecule has 214 valence electrons. The fraction of sp³-hybridized carbons (Fsp3) is 0.243. The van der Waals surface area contributed by atoms with E-state index in [2.05, 4.69) is 80.1 Å². The van der Waals surface area contributed by atoms with Gasteiger partial charge in [0.05, 0.1) is 11.6 Å². The molecule has 0 amide bonds. The maximum Gasteiger partial charge on any atom is 0.339 e. The number of fused-ring (bicyclic) bond motifs is 2. The predicted octanol–water partition coefficient (Wildman–Crippen LogP) is 7.86. The lowest BCUT2D eigenvalue weighted by atomic mass is 9.90. The SMILES string of the molecule is C=Cc1ccc(COC(=O)c2ccccc2-c2c3ccc(=[N+](CC)CC)cc-3oc3cc(N(CC)CC)ccc23)cc1. The van der Waals surface area contributed by atoms with Crippen molar-refractivity contribution in [1.82, 2.24) is 4.58 Å². The lowest BCUT2D eigenvalue weighted by Gasteiger charge is -2.22. The van der Waals surface area contributed by atoms with E-state index in [9.17, 15) is 4.79 Å². The monoisotopic (exact) mass is 559 g/mol. The molecule has 5 heteroatoms. The molecule has 0 fully saturated rings. The van der Waals surface area contributed by atoms with Crippen molar-refractivity contribution in [3.8, 4) is 22.5 Å². The van der Waals surface area contributed by atoms with E-state index in [-0.39, 0.29) is 12.6 Å². The summed E-state index contributed by atoms with van der Waals surface area (Å²) in [6.45, 7) is 16.2. The minimum Gasteiger partial charge on any atom is -0.457 e. The molecule has 3 aromatic rings. The summed E-state index contributed by atoms with van der Waals surface area (Å²) in [6, 6.07) is 28.3. The van der Waals surface area contributed by atoms with Crippen molar-refractivity contribution in [1.29, 1.82) is 0 Å². The molecule has 3 aromatic carbocycles. The summed E-state index contributed by atoms with van der Waals surface area (Å²) in [6.07, 6.45) is 1.79. The lowest BCUT2D eigenvalue weighted by molar-refractivity contribution is 0.0473. The second kappa shape index (κ2) is 12.9. The Labute approximate surface area is 248 Å². The van der Waals surface area contributed by atoms with Crippen LogP contribution in [0.2, 0.25) is 0 Å². The van der Waals surface area contributed by atoms with E-state index in [0.29, 0.717) is 5.56 Å². The number of rotatable bonds is 10. The fourth-order valence-corrected chi connectivity index (χ4v) is 5.58. The number of carbonyl (C=O) groups excluding carboxylic acids is 1. The zero-order valence-electron chi connectivity index (χ0n) is 25.0. The Morgan fingerprint density at radius 1 is 0.881 bits per heavy atom. The van der Waals surface area contributed by atoms with Crippen molar-refractivity contribution in [2.75, 3.05) is 31.1 Å². The summed E-state index contributed by atoms with van der Waals surface area (Å²) in [7, 11) is 0. The Morgan fingerprint density at radius 2 is 1.62 bits per heavy atom. The quantitative estimate of drug-likeness (QED) is 0.0993. The molecular formula is C37H39N2O3+. The number of nitrogens with zero attached hydrogens (tertiary/aromatic N) is 2. The number of carbonyl (C=O) groups is 1. The topological polar surface area (TPSA) is 45.7 Å². The molecule has 0 atom stereocenters. The summed E-state index contributed by atoms with van der Waals surface area (Å²) >= 11 is 0. The Bertz CT molecular complexity index is 1750. The van der Waals surface area contributed by atoms with Gasteiger partial charge in [-0.1, -0.05) is 55.1 Å². The Morgan fingerprint density at radius 3 is 2.31 bits per heavy atom. The standard InChI is InChI=1S/C37H39N2O3/c1-6-26-15-17-27(18-16-26)25-41-37(40)31-14-12-11-13-30(31)36-32-21-19-28(38(7-2)8-3)23-34(32)42-35-24-29(20-22-33(35)36)39(9-4)10-5/h6,11-24H,1,7-10,25H2,2-5H3/q+1. The number of anilines is 1. The van der Waals surface area contributed by atoms with Crippen molar-refractivity contribution >= 4 is 28.7 Å². The van der Waals surface area contributed by atoms with Gasteiger partial charge in [0.2, 0.25) is 5.36 Å². The van der Waals surface area contributed by atoms with E-state index < -0.39 is 0 Å². The maximum atomic E-state index is 13.6. The Balaban J connectivity index is 1.67. The highest BCUT2D eigenvalue weighted by Crippen LogP contribution is 2.42. The minimum absolute atomic E-state index is 0.191. The van der Waals surface area contributed by atoms with Crippen molar-refractivity contribution in [2.45, 2.75) is 34.3 Å². The van der Waals surface area contributed by atoms with E-state index in [1.54, 1.807) is 6.08 Å². The molecule has 2 aliphatic rings. The van der Waals surface area contributed by atoms with E-state index in [1.807, 2.05) is 48.5 Å². The summed E-state index contributed by atoms with van der Waals surface area (Å²) < 4.78 is 14.8. The predicted molar refractivity (Wildman–Crippen MR) is 174 cm³/mol. The second-order valence-electron chi connectivity index (χ2n) is 10.2. The van der Waals surface area contributed by atoms with Crippen LogP contribution in [0.4, 0.5) is 5.69 Å². The van der Waals surface area contributed by atoms with Crippen LogP contribution >= 0.6 is 0 Å². The van der Waals surface area contributed by atoms with Crippen LogP contribution < -0.4 is 14.8 Å². The molecule has 0 radical (unpaired) electrons. The van der Waals surface area contributed by atoms with Crippen molar-refractivity contribution in [3.63, 3.8) is 0 Å². The summed E-state index contributed by atoms with van der Waals surface area (Å²) in [5.41, 5.74) is 7.10. The van der Waals surface area contributed by atoms with Crippen LogP contribution in [0.1, 0.15) is 49.2 Å². The number of hydrogen-bond donors (Lipinski definition) is 0. The molecule has 0 saturated heterocycles. The zero-order chi connectivity index (χ0) is 29.6. The first-order chi connectivity index (χ1) is 20.5. The van der Waals surface area contributed by atoms with Gasteiger partial charge in [-0.3, -0.25) is 0 Å². The second-order valence-corrected chi connectivity index (χ2v) is 10.2. The fourth-order valence-electron chi connectivity index (χ4n) is 5.58. The number of hydrogen-bond acceptors (Lipinski definition) is 4. The number of ether oxygens (including phenoxy) is 1. The molecule has 5 rings (SSSR count). The molecular weight excluding hydrogens is 520 g/mol. The van der Waals surface area contributed by atoms with Gasteiger partial charge in [-0.2, -0.15) is 0 Å². The van der Waals surface area contributed by atoms with Gasteiger partial charge in [0.1, 0.15) is 31.0 Å². The average molecular weight is 560 g/mol. The van der Waals surface area contributed by atoms with Crippen molar-refractivity contribution < 1.29 is 13.9 Å². The molecule has 0 aromatic heterocycles. The average Bonchev–Trinajstić information content (AvgIpc) is 3.03. The van der Waals surface area contributed by atoms with E-state index in [0.717, 1.165) is 81.8 Å². The maximum absolute atomic E-state index is 13.6. The first-order valence-electron chi connectivity index (χ1n) is 14.8. The van der Waals surface area contributed by atoms with E-state index in [1.165, 1.54) is 0 Å². The van der Waals surface area contributed by atoms with Crippen LogP contribution in [0.3, 0.4) is 0 Å². The Kier molecular flexibility index (Phi) is 8.87. The number of esters is 1. The summed E-state index contributed by atoms with van der Waals surface area (Å²) in [5, 5.41) is 2.06. The number of benzene rings is 4. The first-order valence-corrected chi connectivity index (χ1v) is 14.8. The molecule has 0 unspecified atom stereocenters. The van der Waals surface area contributed by atoms with Crippen LogP contribution in [0, 0.1) is 0 Å². The molecule has 1 aliphatic heterocycles. The van der Waals surface area contributed by atoms with Gasteiger partial charge in [-0.05, 0) is 68.7 Å². The van der Waals surface area contributed by atoms with Gasteiger partial charge >= 0.3 is 5.97 Å².